The van der Waals surface area contributed by atoms with Gasteiger partial charge in [-0.25, -0.2) is 0 Å². The van der Waals surface area contributed by atoms with Crippen LogP contribution in [0.2, 0.25) is 18.6 Å². The van der Waals surface area contributed by atoms with Crippen LogP contribution in [0.4, 0.5) is 0 Å². The molecule has 0 aromatic rings. The van der Waals surface area contributed by atoms with Crippen molar-refractivity contribution >= 4 is 25.8 Å². The van der Waals surface area contributed by atoms with Crippen LogP contribution in [0.1, 0.15) is 12.8 Å². The molecule has 2 rings (SSSR count). The van der Waals surface area contributed by atoms with Gasteiger partial charge in [-0.1, -0.05) is 0 Å². The summed E-state index contributed by atoms with van der Waals surface area (Å²) in [5.74, 6) is 0. The molecule has 0 saturated carbocycles. The molecule has 11 heavy (non-hydrogen) atoms. The van der Waals surface area contributed by atoms with E-state index in [2.05, 4.69) is 36.4 Å². The second-order valence-corrected chi connectivity index (χ2v) is 8.91. The Balaban J connectivity index is 2.23. The van der Waals surface area contributed by atoms with Crippen LogP contribution >= 0.6 is 0 Å². The van der Waals surface area contributed by atoms with Gasteiger partial charge < -0.3 is 0 Å². The van der Waals surface area contributed by atoms with Gasteiger partial charge in [-0.2, -0.15) is 0 Å². The fraction of sp³-hybridized carbons (Fsp3) is 0.556. The van der Waals surface area contributed by atoms with E-state index in [9.17, 15) is 0 Å². The van der Waals surface area contributed by atoms with Gasteiger partial charge in [-0.3, -0.25) is 0 Å². The van der Waals surface area contributed by atoms with E-state index < -0.39 is 8.07 Å². The maximum absolute atomic E-state index is 2.56. The molecule has 1 saturated heterocycles. The quantitative estimate of drug-likeness (QED) is 0.511. The summed E-state index contributed by atoms with van der Waals surface area (Å²) in [5.41, 5.74) is 0. The van der Waals surface area contributed by atoms with E-state index in [-0.39, 0.29) is 0 Å². The first-order valence-electron chi connectivity index (χ1n) is 4.59. The minimum atomic E-state index is -0.810. The minimum absolute atomic E-state index is 0.810. The molecule has 0 bridgehead atoms. The van der Waals surface area contributed by atoms with Gasteiger partial charge in [0.25, 0.3) is 0 Å². The third kappa shape index (κ3) is 1.20. The van der Waals surface area contributed by atoms with Crippen molar-refractivity contribution in [3.05, 3.63) is 21.6 Å². The van der Waals surface area contributed by atoms with Crippen LogP contribution in [0.25, 0.3) is 0 Å². The summed E-state index contributed by atoms with van der Waals surface area (Å²) < 4.78 is 1.60. The normalized spacial score (nSPS) is 27.5. The molecular formula is C9H13LiSi. The SMILES string of the molecule is [Li][C]1=C([Si]2(C)CCC2)CC=C1. The van der Waals surface area contributed by atoms with E-state index in [0.29, 0.717) is 0 Å². The Morgan fingerprint density at radius 3 is 2.55 bits per heavy atom. The zero-order chi connectivity index (χ0) is 7.90. The molecule has 0 radical (unpaired) electrons. The molecule has 0 aromatic heterocycles. The van der Waals surface area contributed by atoms with Crippen LogP contribution < -0.4 is 0 Å². The van der Waals surface area contributed by atoms with Crippen molar-refractivity contribution in [1.82, 2.24) is 0 Å². The van der Waals surface area contributed by atoms with E-state index in [1.807, 2.05) is 5.20 Å². The predicted octanol–water partition coefficient (Wildman–Crippen LogP) is 2.39. The van der Waals surface area contributed by atoms with Gasteiger partial charge in [0.05, 0.1) is 0 Å². The van der Waals surface area contributed by atoms with Gasteiger partial charge in [0.2, 0.25) is 0 Å². The predicted molar refractivity (Wildman–Crippen MR) is 52.4 cm³/mol. The molecule has 0 atom stereocenters. The molecule has 0 amide bonds. The summed E-state index contributed by atoms with van der Waals surface area (Å²) in [6, 6.07) is 3.11. The molecule has 1 aliphatic heterocycles. The van der Waals surface area contributed by atoms with Crippen molar-refractivity contribution in [2.24, 2.45) is 0 Å². The summed E-state index contributed by atoms with van der Waals surface area (Å²) in [7, 11) is -0.810. The summed E-state index contributed by atoms with van der Waals surface area (Å²) in [4.78, 5) is 0. The van der Waals surface area contributed by atoms with E-state index in [1.165, 1.54) is 12.8 Å². The molecule has 0 unspecified atom stereocenters. The zero-order valence-corrected chi connectivity index (χ0v) is 8.48. The third-order valence-electron chi connectivity index (χ3n) is 3.35. The van der Waals surface area contributed by atoms with Crippen LogP contribution in [0, 0.1) is 0 Å². The van der Waals surface area contributed by atoms with Crippen LogP contribution in [-0.4, -0.2) is 25.8 Å². The maximum atomic E-state index is 2.56. The Morgan fingerprint density at radius 1 is 1.45 bits per heavy atom. The number of hydrogen-bond acceptors (Lipinski definition) is 0. The summed E-state index contributed by atoms with van der Waals surface area (Å²) in [6.45, 7) is 2.56. The van der Waals surface area contributed by atoms with Gasteiger partial charge >= 0.3 is 78.9 Å². The van der Waals surface area contributed by atoms with Gasteiger partial charge in [-0.15, -0.1) is 0 Å². The van der Waals surface area contributed by atoms with Crippen LogP contribution in [-0.2, 0) is 0 Å². The first-order chi connectivity index (χ1) is 5.22. The van der Waals surface area contributed by atoms with Gasteiger partial charge in [0.15, 0.2) is 0 Å². The molecular weight excluding hydrogens is 143 g/mol. The second kappa shape index (κ2) is 2.66. The van der Waals surface area contributed by atoms with Gasteiger partial charge in [-0.05, 0) is 0 Å². The summed E-state index contributed by atoms with van der Waals surface area (Å²) in [5, 5.41) is 1.85. The van der Waals surface area contributed by atoms with Crippen molar-refractivity contribution in [3.63, 3.8) is 0 Å². The number of hydrogen-bond donors (Lipinski definition) is 0. The molecule has 2 heteroatoms. The van der Waals surface area contributed by atoms with Crippen LogP contribution in [0.15, 0.2) is 21.6 Å². The Bertz CT molecular complexity index is 236. The van der Waals surface area contributed by atoms with Crippen molar-refractivity contribution in [3.8, 4) is 0 Å². The number of rotatable bonds is 1. The van der Waals surface area contributed by atoms with Gasteiger partial charge in [0.1, 0.15) is 0 Å². The first-order valence-corrected chi connectivity index (χ1v) is 7.51. The molecule has 54 valence electrons. The molecule has 1 fully saturated rings. The second-order valence-electron chi connectivity index (χ2n) is 4.18. The molecule has 2 aliphatic rings. The Kier molecular flexibility index (Phi) is 1.91. The molecule has 1 heterocycles. The van der Waals surface area contributed by atoms with Gasteiger partial charge in [0, 0.05) is 0 Å². The van der Waals surface area contributed by atoms with Crippen molar-refractivity contribution in [2.45, 2.75) is 31.5 Å². The zero-order valence-electron chi connectivity index (χ0n) is 7.48. The van der Waals surface area contributed by atoms with Crippen molar-refractivity contribution < 1.29 is 0 Å². The summed E-state index contributed by atoms with van der Waals surface area (Å²) in [6.07, 6.45) is 7.43. The molecule has 0 N–H and O–H groups in total. The van der Waals surface area contributed by atoms with E-state index in [4.69, 9.17) is 0 Å². The fourth-order valence-corrected chi connectivity index (χ4v) is 6.01. The monoisotopic (exact) mass is 156 g/mol. The van der Waals surface area contributed by atoms with E-state index >= 15 is 0 Å². The average Bonchev–Trinajstić information content (AvgIpc) is 2.30. The third-order valence-corrected chi connectivity index (χ3v) is 8.32. The van der Waals surface area contributed by atoms with E-state index in [0.717, 1.165) is 0 Å². The summed E-state index contributed by atoms with van der Waals surface area (Å²) >= 11 is 2.29. The Morgan fingerprint density at radius 2 is 2.18 bits per heavy atom. The molecule has 0 nitrogen and oxygen atoms in total. The standard InChI is InChI=1S/C9H13Si.Li/c1-10(7-4-8-10)9-5-2-3-6-9;/h2-3H,4-5,7-8H2,1H3;. The topological polar surface area (TPSA) is 0 Å². The van der Waals surface area contributed by atoms with Crippen LogP contribution in [0.5, 0.6) is 0 Å². The fourth-order valence-electron chi connectivity index (χ4n) is 2.35. The molecule has 1 aliphatic carbocycles. The van der Waals surface area contributed by atoms with Crippen LogP contribution in [0.3, 0.4) is 0 Å². The van der Waals surface area contributed by atoms with Crippen molar-refractivity contribution in [1.29, 1.82) is 0 Å². The average molecular weight is 156 g/mol. The first kappa shape index (κ1) is 7.92. The Hall–Kier alpha value is 0.294. The number of allylic oxidation sites excluding steroid dienone is 4. The van der Waals surface area contributed by atoms with E-state index in [1.54, 1.807) is 16.3 Å². The Labute approximate surface area is 79.0 Å². The molecule has 0 aromatic carbocycles. The van der Waals surface area contributed by atoms with Crippen molar-refractivity contribution in [2.75, 3.05) is 0 Å². The molecule has 0 spiro atoms.